The van der Waals surface area contributed by atoms with Gasteiger partial charge in [-0.15, -0.1) is 0 Å². The fourth-order valence-corrected chi connectivity index (χ4v) is 3.63. The summed E-state index contributed by atoms with van der Waals surface area (Å²) in [7, 11) is 0. The van der Waals surface area contributed by atoms with Crippen molar-refractivity contribution < 1.29 is 13.9 Å². The molecule has 0 unspecified atom stereocenters. The number of hydrogen-bond donors (Lipinski definition) is 2. The van der Waals surface area contributed by atoms with E-state index in [0.29, 0.717) is 21.1 Å². The van der Waals surface area contributed by atoms with Crippen molar-refractivity contribution >= 4 is 41.0 Å². The van der Waals surface area contributed by atoms with E-state index in [-0.39, 0.29) is 11.6 Å². The number of anilines is 2. The molecule has 1 amide bonds. The summed E-state index contributed by atoms with van der Waals surface area (Å²) in [5, 5.41) is 2.69. The minimum Gasteiger partial charge on any atom is -0.494 e. The molecule has 0 aliphatic heterocycles. The molecule has 0 atom stereocenters. The van der Waals surface area contributed by atoms with Gasteiger partial charge in [0.25, 0.3) is 5.91 Å². The third kappa shape index (κ3) is 3.76. The SMILES string of the molecule is CCOc1ccc(-n2c(N)c(C(=O)Nc3ccc(F)cc3)sc2=S)cc1. The van der Waals surface area contributed by atoms with Crippen LogP contribution in [0.4, 0.5) is 15.9 Å². The number of nitrogen functional groups attached to an aromatic ring is 1. The van der Waals surface area contributed by atoms with Gasteiger partial charge in [-0.05, 0) is 67.7 Å². The number of nitrogens with one attached hydrogen (secondary N) is 1. The second-order valence-corrected chi connectivity index (χ2v) is 6.95. The number of carbonyl (C=O) groups excluding carboxylic acids is 1. The zero-order valence-corrected chi connectivity index (χ0v) is 15.5. The monoisotopic (exact) mass is 389 g/mol. The molecule has 0 fully saturated rings. The molecule has 26 heavy (non-hydrogen) atoms. The van der Waals surface area contributed by atoms with Crippen molar-refractivity contribution in [1.29, 1.82) is 0 Å². The van der Waals surface area contributed by atoms with Crippen LogP contribution in [0.25, 0.3) is 5.69 Å². The molecule has 0 spiro atoms. The van der Waals surface area contributed by atoms with Gasteiger partial charge in [0, 0.05) is 11.4 Å². The lowest BCUT2D eigenvalue weighted by Crippen LogP contribution is -2.13. The Morgan fingerprint density at radius 2 is 1.88 bits per heavy atom. The Labute approximate surface area is 158 Å². The molecule has 1 aromatic heterocycles. The van der Waals surface area contributed by atoms with E-state index in [1.807, 2.05) is 31.2 Å². The minimum atomic E-state index is -0.394. The van der Waals surface area contributed by atoms with Crippen molar-refractivity contribution in [2.75, 3.05) is 17.7 Å². The van der Waals surface area contributed by atoms with E-state index < -0.39 is 5.91 Å². The molecule has 0 bridgehead atoms. The molecule has 3 rings (SSSR count). The highest BCUT2D eigenvalue weighted by Gasteiger charge is 2.18. The maximum absolute atomic E-state index is 13.0. The van der Waals surface area contributed by atoms with E-state index >= 15 is 0 Å². The first-order valence-corrected chi connectivity index (χ1v) is 9.03. The molecule has 8 heteroatoms. The Balaban J connectivity index is 1.88. The molecule has 0 radical (unpaired) electrons. The number of halogens is 1. The van der Waals surface area contributed by atoms with Crippen LogP contribution in [0.5, 0.6) is 5.75 Å². The average molecular weight is 389 g/mol. The van der Waals surface area contributed by atoms with Gasteiger partial charge in [-0.25, -0.2) is 4.39 Å². The summed E-state index contributed by atoms with van der Waals surface area (Å²) in [4.78, 5) is 12.8. The predicted molar refractivity (Wildman–Crippen MR) is 104 cm³/mol. The number of thiazole rings is 1. The number of nitrogens with two attached hydrogens (primary N) is 1. The number of carbonyl (C=O) groups is 1. The molecule has 134 valence electrons. The van der Waals surface area contributed by atoms with E-state index in [4.69, 9.17) is 22.7 Å². The van der Waals surface area contributed by atoms with E-state index in [2.05, 4.69) is 5.32 Å². The molecule has 0 aliphatic rings. The second kappa shape index (κ2) is 7.67. The Hall–Kier alpha value is -2.71. The van der Waals surface area contributed by atoms with Gasteiger partial charge in [0.05, 0.1) is 6.61 Å². The lowest BCUT2D eigenvalue weighted by molar-refractivity contribution is 0.103. The lowest BCUT2D eigenvalue weighted by atomic mass is 10.3. The first kappa shape index (κ1) is 18.1. The van der Waals surface area contributed by atoms with Gasteiger partial charge in [-0.3, -0.25) is 9.36 Å². The molecule has 0 saturated heterocycles. The van der Waals surface area contributed by atoms with Crippen LogP contribution >= 0.6 is 23.6 Å². The van der Waals surface area contributed by atoms with Gasteiger partial charge >= 0.3 is 0 Å². The van der Waals surface area contributed by atoms with Crippen molar-refractivity contribution in [2.24, 2.45) is 0 Å². The van der Waals surface area contributed by atoms with Gasteiger partial charge in [0.1, 0.15) is 22.3 Å². The summed E-state index contributed by atoms with van der Waals surface area (Å²) < 4.78 is 20.5. The number of rotatable bonds is 5. The zero-order chi connectivity index (χ0) is 18.7. The molecule has 0 saturated carbocycles. The number of benzene rings is 2. The summed E-state index contributed by atoms with van der Waals surface area (Å²) in [5.74, 6) is 0.226. The van der Waals surface area contributed by atoms with E-state index in [9.17, 15) is 9.18 Å². The lowest BCUT2D eigenvalue weighted by Gasteiger charge is -2.08. The highest BCUT2D eigenvalue weighted by Crippen LogP contribution is 2.28. The molecule has 2 aromatic carbocycles. The summed E-state index contributed by atoms with van der Waals surface area (Å²) in [6.45, 7) is 2.49. The van der Waals surface area contributed by atoms with Crippen LogP contribution in [-0.4, -0.2) is 17.1 Å². The second-order valence-electron chi connectivity index (χ2n) is 5.31. The third-order valence-electron chi connectivity index (χ3n) is 3.56. The Bertz CT molecular complexity index is 979. The fourth-order valence-electron chi connectivity index (χ4n) is 2.37. The highest BCUT2D eigenvalue weighted by molar-refractivity contribution is 7.73. The van der Waals surface area contributed by atoms with Gasteiger partial charge in [0.15, 0.2) is 3.95 Å². The van der Waals surface area contributed by atoms with Crippen molar-refractivity contribution in [1.82, 2.24) is 4.57 Å². The van der Waals surface area contributed by atoms with Crippen molar-refractivity contribution in [3.63, 3.8) is 0 Å². The van der Waals surface area contributed by atoms with E-state index in [1.165, 1.54) is 24.3 Å². The van der Waals surface area contributed by atoms with Crippen LogP contribution < -0.4 is 15.8 Å². The quantitative estimate of drug-likeness (QED) is 0.624. The maximum atomic E-state index is 13.0. The Morgan fingerprint density at radius 1 is 1.23 bits per heavy atom. The summed E-state index contributed by atoms with van der Waals surface area (Å²) >= 11 is 6.48. The predicted octanol–water partition coefficient (Wildman–Crippen LogP) is 4.64. The summed E-state index contributed by atoms with van der Waals surface area (Å²) in [5.41, 5.74) is 7.38. The van der Waals surface area contributed by atoms with Crippen LogP contribution in [0, 0.1) is 9.77 Å². The number of hydrogen-bond acceptors (Lipinski definition) is 5. The van der Waals surface area contributed by atoms with Gasteiger partial charge < -0.3 is 15.8 Å². The minimum absolute atomic E-state index is 0.253. The zero-order valence-electron chi connectivity index (χ0n) is 13.9. The van der Waals surface area contributed by atoms with Crippen molar-refractivity contribution in [3.8, 4) is 11.4 Å². The molecule has 3 N–H and O–H groups in total. The highest BCUT2D eigenvalue weighted by atomic mass is 32.1. The van der Waals surface area contributed by atoms with E-state index in [0.717, 1.165) is 22.8 Å². The first-order valence-electron chi connectivity index (χ1n) is 7.81. The molecule has 1 heterocycles. The molecule has 0 aliphatic carbocycles. The molecular weight excluding hydrogens is 373 g/mol. The topological polar surface area (TPSA) is 69.3 Å². The first-order chi connectivity index (χ1) is 12.5. The fraction of sp³-hybridized carbons (Fsp3) is 0.111. The smallest absolute Gasteiger partial charge is 0.269 e. The standard InChI is InChI=1S/C18H16FN3O2S2/c1-2-24-14-9-7-13(8-10-14)22-16(20)15(26-18(22)25)17(23)21-12-5-3-11(19)4-6-12/h3-10H,2,20H2,1H3,(H,21,23). The largest absolute Gasteiger partial charge is 0.494 e. The third-order valence-corrected chi connectivity index (χ3v) is 4.95. The number of ether oxygens (including phenoxy) is 1. The van der Waals surface area contributed by atoms with Gasteiger partial charge in [0.2, 0.25) is 0 Å². The van der Waals surface area contributed by atoms with Crippen LogP contribution in [0.15, 0.2) is 48.5 Å². The van der Waals surface area contributed by atoms with Gasteiger partial charge in [-0.1, -0.05) is 11.3 Å². The summed E-state index contributed by atoms with van der Waals surface area (Å²) in [6, 6.07) is 12.8. The normalized spacial score (nSPS) is 10.5. The van der Waals surface area contributed by atoms with Crippen LogP contribution in [-0.2, 0) is 0 Å². The van der Waals surface area contributed by atoms with Crippen molar-refractivity contribution in [2.45, 2.75) is 6.92 Å². The number of nitrogens with zero attached hydrogens (tertiary/aromatic N) is 1. The molecular formula is C18H16FN3O2S2. The number of aromatic nitrogens is 1. The van der Waals surface area contributed by atoms with Crippen LogP contribution in [0.3, 0.4) is 0 Å². The van der Waals surface area contributed by atoms with Crippen LogP contribution in [0.2, 0.25) is 0 Å². The molecule has 5 nitrogen and oxygen atoms in total. The van der Waals surface area contributed by atoms with Crippen molar-refractivity contribution in [3.05, 3.63) is 63.2 Å². The average Bonchev–Trinajstić information content (AvgIpc) is 2.93. The van der Waals surface area contributed by atoms with Crippen LogP contribution in [0.1, 0.15) is 16.6 Å². The summed E-state index contributed by atoms with van der Waals surface area (Å²) in [6.07, 6.45) is 0. The van der Waals surface area contributed by atoms with Gasteiger partial charge in [-0.2, -0.15) is 0 Å². The Morgan fingerprint density at radius 3 is 2.50 bits per heavy atom. The van der Waals surface area contributed by atoms with E-state index in [1.54, 1.807) is 4.57 Å². The number of amides is 1. The Kier molecular flexibility index (Phi) is 5.34. The molecule has 3 aromatic rings. The maximum Gasteiger partial charge on any atom is 0.269 e.